The Morgan fingerprint density at radius 2 is 2.13 bits per heavy atom. The summed E-state index contributed by atoms with van der Waals surface area (Å²) in [6.07, 6.45) is 6.78. The van der Waals surface area contributed by atoms with E-state index in [4.69, 9.17) is 11.6 Å². The molecule has 0 bridgehead atoms. The molecule has 1 fully saturated rings. The van der Waals surface area contributed by atoms with Crippen molar-refractivity contribution in [2.75, 3.05) is 0 Å². The second-order valence-electron chi connectivity index (χ2n) is 4.36. The maximum absolute atomic E-state index is 9.99. The molecule has 3 heteroatoms. The molecule has 1 aromatic rings. The molecule has 1 nitrogen and oxygen atoms in total. The molecule has 0 radical (unpaired) electrons. The largest absolute Gasteiger partial charge is 0.393 e. The molecule has 1 N–H and O–H groups in total. The zero-order valence-electron chi connectivity index (χ0n) is 8.79. The summed E-state index contributed by atoms with van der Waals surface area (Å²) in [5, 5.41) is 9.99. The second kappa shape index (κ2) is 5.33. The SMILES string of the molecule is OC(CCc1ccc(Cl)s1)C1CCCC1. The maximum atomic E-state index is 9.99. The Labute approximate surface area is 100 Å². The quantitative estimate of drug-likeness (QED) is 0.852. The smallest absolute Gasteiger partial charge is 0.0931 e. The predicted octanol–water partition coefficient (Wildman–Crippen LogP) is 3.89. The van der Waals surface area contributed by atoms with Crippen LogP contribution in [0.3, 0.4) is 0 Å². The van der Waals surface area contributed by atoms with Crippen molar-refractivity contribution in [3.63, 3.8) is 0 Å². The molecule has 1 heterocycles. The number of thiophene rings is 1. The van der Waals surface area contributed by atoms with Gasteiger partial charge < -0.3 is 5.11 Å². The fourth-order valence-corrected chi connectivity index (χ4v) is 3.46. The molecular weight excluding hydrogens is 228 g/mol. The van der Waals surface area contributed by atoms with Crippen molar-refractivity contribution < 1.29 is 5.11 Å². The van der Waals surface area contributed by atoms with Crippen LogP contribution in [0.2, 0.25) is 4.34 Å². The fourth-order valence-electron chi connectivity index (χ4n) is 2.35. The zero-order valence-corrected chi connectivity index (χ0v) is 10.4. The first-order chi connectivity index (χ1) is 7.25. The third kappa shape index (κ3) is 3.20. The molecule has 2 rings (SSSR count). The predicted molar refractivity (Wildman–Crippen MR) is 65.6 cm³/mol. The van der Waals surface area contributed by atoms with Gasteiger partial charge in [0, 0.05) is 4.88 Å². The summed E-state index contributed by atoms with van der Waals surface area (Å²) in [5.74, 6) is 0.556. The van der Waals surface area contributed by atoms with Crippen LogP contribution in [0.1, 0.15) is 37.0 Å². The molecule has 1 saturated carbocycles. The average Bonchev–Trinajstić information content (AvgIpc) is 2.84. The van der Waals surface area contributed by atoms with Gasteiger partial charge in [0.1, 0.15) is 0 Å². The molecule has 0 spiro atoms. The molecule has 0 aliphatic heterocycles. The van der Waals surface area contributed by atoms with Crippen LogP contribution in [0.4, 0.5) is 0 Å². The summed E-state index contributed by atoms with van der Waals surface area (Å²) >= 11 is 7.49. The van der Waals surface area contributed by atoms with Crippen LogP contribution >= 0.6 is 22.9 Å². The minimum absolute atomic E-state index is 0.103. The van der Waals surface area contributed by atoms with E-state index in [2.05, 4.69) is 6.07 Å². The van der Waals surface area contributed by atoms with Crippen LogP contribution < -0.4 is 0 Å². The summed E-state index contributed by atoms with van der Waals surface area (Å²) in [6, 6.07) is 4.00. The highest BCUT2D eigenvalue weighted by Gasteiger charge is 2.22. The molecule has 1 aliphatic carbocycles. The Morgan fingerprint density at radius 3 is 2.73 bits per heavy atom. The van der Waals surface area contributed by atoms with Crippen molar-refractivity contribution in [2.45, 2.75) is 44.6 Å². The van der Waals surface area contributed by atoms with E-state index >= 15 is 0 Å². The highest BCUT2D eigenvalue weighted by atomic mass is 35.5. The van der Waals surface area contributed by atoms with E-state index in [1.165, 1.54) is 30.6 Å². The van der Waals surface area contributed by atoms with E-state index in [0.717, 1.165) is 17.2 Å². The molecule has 1 atom stereocenters. The Morgan fingerprint density at radius 1 is 1.40 bits per heavy atom. The Bertz CT molecular complexity index is 304. The summed E-state index contributed by atoms with van der Waals surface area (Å²) in [7, 11) is 0. The number of halogens is 1. The van der Waals surface area contributed by atoms with Gasteiger partial charge in [-0.25, -0.2) is 0 Å². The number of rotatable bonds is 4. The Balaban J connectivity index is 1.77. The third-order valence-corrected chi connectivity index (χ3v) is 4.55. The van der Waals surface area contributed by atoms with Crippen LogP contribution in [0.5, 0.6) is 0 Å². The highest BCUT2D eigenvalue weighted by Crippen LogP contribution is 2.30. The third-order valence-electron chi connectivity index (χ3n) is 3.26. The van der Waals surface area contributed by atoms with Crippen molar-refractivity contribution in [3.05, 3.63) is 21.3 Å². The summed E-state index contributed by atoms with van der Waals surface area (Å²) < 4.78 is 0.848. The van der Waals surface area contributed by atoms with Crippen molar-refractivity contribution in [2.24, 2.45) is 5.92 Å². The van der Waals surface area contributed by atoms with Crippen LogP contribution in [0, 0.1) is 5.92 Å². The number of hydrogen-bond donors (Lipinski definition) is 1. The van der Waals surface area contributed by atoms with Gasteiger partial charge in [-0.1, -0.05) is 24.4 Å². The monoisotopic (exact) mass is 244 g/mol. The fraction of sp³-hybridized carbons (Fsp3) is 0.667. The molecule has 1 unspecified atom stereocenters. The molecule has 0 saturated heterocycles. The van der Waals surface area contributed by atoms with E-state index < -0.39 is 0 Å². The van der Waals surface area contributed by atoms with Crippen molar-refractivity contribution in [1.82, 2.24) is 0 Å². The van der Waals surface area contributed by atoms with Gasteiger partial charge in [0.25, 0.3) is 0 Å². The van der Waals surface area contributed by atoms with E-state index in [0.29, 0.717) is 5.92 Å². The lowest BCUT2D eigenvalue weighted by Crippen LogP contribution is -2.17. The number of hydrogen-bond acceptors (Lipinski definition) is 2. The number of aryl methyl sites for hydroxylation is 1. The minimum atomic E-state index is -0.103. The lowest BCUT2D eigenvalue weighted by molar-refractivity contribution is 0.102. The lowest BCUT2D eigenvalue weighted by Gasteiger charge is -2.16. The first kappa shape index (κ1) is 11.4. The molecule has 84 valence electrons. The van der Waals surface area contributed by atoms with Gasteiger partial charge in [-0.15, -0.1) is 11.3 Å². The van der Waals surface area contributed by atoms with Gasteiger partial charge in [0.15, 0.2) is 0 Å². The molecular formula is C12H17ClOS. The molecule has 0 aromatic carbocycles. The van der Waals surface area contributed by atoms with Gasteiger partial charge in [-0.3, -0.25) is 0 Å². The van der Waals surface area contributed by atoms with Crippen molar-refractivity contribution in [3.8, 4) is 0 Å². The van der Waals surface area contributed by atoms with Crippen molar-refractivity contribution in [1.29, 1.82) is 0 Å². The summed E-state index contributed by atoms with van der Waals surface area (Å²) in [5.41, 5.74) is 0. The van der Waals surface area contributed by atoms with Gasteiger partial charge in [-0.2, -0.15) is 0 Å². The lowest BCUT2D eigenvalue weighted by atomic mass is 9.97. The standard InChI is InChI=1S/C12H17ClOS/c13-12-8-6-10(15-12)5-7-11(14)9-3-1-2-4-9/h6,8-9,11,14H,1-5,7H2. The Kier molecular flexibility index (Phi) is 4.06. The normalized spacial score (nSPS) is 19.6. The molecule has 15 heavy (non-hydrogen) atoms. The topological polar surface area (TPSA) is 20.2 Å². The first-order valence-corrected chi connectivity index (χ1v) is 6.87. The Hall–Kier alpha value is -0.0500. The summed E-state index contributed by atoms with van der Waals surface area (Å²) in [4.78, 5) is 1.29. The van der Waals surface area contributed by atoms with E-state index in [-0.39, 0.29) is 6.10 Å². The second-order valence-corrected chi connectivity index (χ2v) is 6.16. The van der Waals surface area contributed by atoms with Gasteiger partial charge in [-0.05, 0) is 43.7 Å². The van der Waals surface area contributed by atoms with E-state index in [9.17, 15) is 5.11 Å². The maximum Gasteiger partial charge on any atom is 0.0931 e. The molecule has 1 aliphatic rings. The number of aliphatic hydroxyl groups excluding tert-OH is 1. The van der Waals surface area contributed by atoms with Crippen LogP contribution in [-0.4, -0.2) is 11.2 Å². The van der Waals surface area contributed by atoms with Crippen LogP contribution in [0.15, 0.2) is 12.1 Å². The molecule has 0 amide bonds. The number of aliphatic hydroxyl groups is 1. The first-order valence-electron chi connectivity index (χ1n) is 5.68. The van der Waals surface area contributed by atoms with Gasteiger partial charge in [0.05, 0.1) is 10.4 Å². The van der Waals surface area contributed by atoms with Gasteiger partial charge in [0.2, 0.25) is 0 Å². The molecule has 1 aromatic heterocycles. The summed E-state index contributed by atoms with van der Waals surface area (Å²) in [6.45, 7) is 0. The van der Waals surface area contributed by atoms with E-state index in [1.807, 2.05) is 6.07 Å². The van der Waals surface area contributed by atoms with E-state index in [1.54, 1.807) is 11.3 Å². The average molecular weight is 245 g/mol. The minimum Gasteiger partial charge on any atom is -0.393 e. The van der Waals surface area contributed by atoms with Crippen LogP contribution in [-0.2, 0) is 6.42 Å². The zero-order chi connectivity index (χ0) is 10.7. The van der Waals surface area contributed by atoms with Crippen molar-refractivity contribution >= 4 is 22.9 Å². The van der Waals surface area contributed by atoms with Gasteiger partial charge >= 0.3 is 0 Å². The highest BCUT2D eigenvalue weighted by molar-refractivity contribution is 7.16. The van der Waals surface area contributed by atoms with Crippen LogP contribution in [0.25, 0.3) is 0 Å².